The fourth-order valence-corrected chi connectivity index (χ4v) is 3.21. The second-order valence-electron chi connectivity index (χ2n) is 5.09. The van der Waals surface area contributed by atoms with Crippen LogP contribution in [-0.2, 0) is 6.42 Å². The van der Waals surface area contributed by atoms with Gasteiger partial charge in [-0.2, -0.15) is 0 Å². The molecule has 88 valence electrons. The second-order valence-corrected chi connectivity index (χ2v) is 5.88. The highest BCUT2D eigenvalue weighted by Gasteiger charge is 2.25. The largest absolute Gasteiger partial charge is 0.326 e. The first-order chi connectivity index (χ1) is 7.50. The molecular formula is C13H18BrNO. The molecule has 0 unspecified atom stereocenters. The monoisotopic (exact) mass is 283 g/mol. The molecule has 1 aromatic heterocycles. The second kappa shape index (κ2) is 4.36. The van der Waals surface area contributed by atoms with Gasteiger partial charge in [-0.1, -0.05) is 13.8 Å². The molecule has 0 saturated heterocycles. The number of aromatic amines is 1. The summed E-state index contributed by atoms with van der Waals surface area (Å²) >= 11 is 3.62. The summed E-state index contributed by atoms with van der Waals surface area (Å²) in [6.07, 6.45) is 3.77. The number of hydrogen-bond acceptors (Lipinski definition) is 1. The molecule has 1 aliphatic carbocycles. The first kappa shape index (κ1) is 11.9. The van der Waals surface area contributed by atoms with Crippen molar-refractivity contribution in [3.05, 3.63) is 31.6 Å². The first-order valence-electron chi connectivity index (χ1n) is 5.91. The molecule has 0 radical (unpaired) electrons. The Balaban J connectivity index is 2.50. The number of pyridine rings is 1. The van der Waals surface area contributed by atoms with E-state index in [1.807, 2.05) is 6.92 Å². The van der Waals surface area contributed by atoms with Crippen LogP contribution in [0.3, 0.4) is 0 Å². The van der Waals surface area contributed by atoms with Crippen LogP contribution in [0.2, 0.25) is 0 Å². The molecule has 2 rings (SSSR count). The lowest BCUT2D eigenvalue weighted by Crippen LogP contribution is -2.18. The summed E-state index contributed by atoms with van der Waals surface area (Å²) < 4.78 is 1.04. The minimum Gasteiger partial charge on any atom is -0.326 e. The van der Waals surface area contributed by atoms with Gasteiger partial charge in [0.2, 0.25) is 0 Å². The van der Waals surface area contributed by atoms with Crippen LogP contribution in [-0.4, -0.2) is 4.98 Å². The van der Waals surface area contributed by atoms with Crippen LogP contribution in [0.15, 0.2) is 9.27 Å². The molecule has 1 aliphatic rings. The average Bonchev–Trinajstić information content (AvgIpc) is 2.94. The van der Waals surface area contributed by atoms with Crippen molar-refractivity contribution in [2.45, 2.75) is 46.0 Å². The maximum atomic E-state index is 11.9. The topological polar surface area (TPSA) is 32.9 Å². The predicted octanol–water partition coefficient (Wildman–Crippen LogP) is 3.52. The molecule has 1 heterocycles. The van der Waals surface area contributed by atoms with Gasteiger partial charge in [-0.25, -0.2) is 0 Å². The number of halogens is 1. The Morgan fingerprint density at radius 3 is 2.56 bits per heavy atom. The van der Waals surface area contributed by atoms with Gasteiger partial charge < -0.3 is 4.98 Å². The molecule has 0 aromatic carbocycles. The fraction of sp³-hybridized carbons (Fsp3) is 0.615. The van der Waals surface area contributed by atoms with Gasteiger partial charge in [-0.05, 0) is 59.5 Å². The van der Waals surface area contributed by atoms with Crippen molar-refractivity contribution in [3.8, 4) is 0 Å². The minimum atomic E-state index is 0.0546. The van der Waals surface area contributed by atoms with E-state index in [2.05, 4.69) is 34.8 Å². The fourth-order valence-electron chi connectivity index (χ4n) is 2.11. The molecule has 0 spiro atoms. The normalized spacial score (nSPS) is 15.8. The van der Waals surface area contributed by atoms with Crippen LogP contribution in [0.4, 0.5) is 0 Å². The van der Waals surface area contributed by atoms with Gasteiger partial charge in [0, 0.05) is 15.7 Å². The number of rotatable bonds is 3. The van der Waals surface area contributed by atoms with Crippen LogP contribution < -0.4 is 5.56 Å². The Labute approximate surface area is 105 Å². The van der Waals surface area contributed by atoms with Crippen LogP contribution in [0.1, 0.15) is 49.4 Å². The van der Waals surface area contributed by atoms with E-state index in [1.54, 1.807) is 0 Å². The van der Waals surface area contributed by atoms with Gasteiger partial charge >= 0.3 is 0 Å². The lowest BCUT2D eigenvalue weighted by Gasteiger charge is -2.14. The summed E-state index contributed by atoms with van der Waals surface area (Å²) in [4.78, 5) is 14.8. The number of nitrogens with one attached hydrogen (secondary N) is 1. The third-order valence-electron chi connectivity index (χ3n) is 3.27. The number of aryl methyl sites for hydroxylation is 1. The van der Waals surface area contributed by atoms with Crippen LogP contribution in [0.5, 0.6) is 0 Å². The number of H-pyrrole nitrogens is 1. The molecule has 1 fully saturated rings. The maximum absolute atomic E-state index is 11.9. The van der Waals surface area contributed by atoms with E-state index in [-0.39, 0.29) is 11.5 Å². The Bertz CT molecular complexity index is 458. The Morgan fingerprint density at radius 1 is 1.44 bits per heavy atom. The standard InChI is InChI=1S/C13H18BrNO/c1-7(2)11-12(14)10(6-9-4-5-9)8(3)15-13(11)16/h7,9H,4-6H2,1-3H3,(H,15,16). The third kappa shape index (κ3) is 2.24. The molecule has 0 aliphatic heterocycles. The van der Waals surface area contributed by atoms with Crippen molar-refractivity contribution in [1.29, 1.82) is 0 Å². The number of aromatic nitrogens is 1. The van der Waals surface area contributed by atoms with E-state index in [9.17, 15) is 4.79 Å². The molecule has 0 amide bonds. The molecule has 2 nitrogen and oxygen atoms in total. The first-order valence-corrected chi connectivity index (χ1v) is 6.71. The van der Waals surface area contributed by atoms with E-state index in [4.69, 9.17) is 0 Å². The van der Waals surface area contributed by atoms with Gasteiger partial charge in [0.05, 0.1) is 0 Å². The summed E-state index contributed by atoms with van der Waals surface area (Å²) in [5.74, 6) is 1.09. The molecule has 16 heavy (non-hydrogen) atoms. The summed E-state index contributed by atoms with van der Waals surface area (Å²) in [5.41, 5.74) is 3.26. The zero-order valence-electron chi connectivity index (χ0n) is 10.1. The Hall–Kier alpha value is -0.570. The zero-order valence-corrected chi connectivity index (χ0v) is 11.6. The minimum absolute atomic E-state index is 0.0546. The van der Waals surface area contributed by atoms with E-state index in [1.165, 1.54) is 18.4 Å². The Morgan fingerprint density at radius 2 is 2.06 bits per heavy atom. The van der Waals surface area contributed by atoms with Gasteiger partial charge in [0.1, 0.15) is 0 Å². The van der Waals surface area contributed by atoms with Crippen LogP contribution in [0, 0.1) is 12.8 Å². The SMILES string of the molecule is Cc1[nH]c(=O)c(C(C)C)c(Br)c1CC1CC1. The zero-order chi connectivity index (χ0) is 11.9. The molecule has 0 bridgehead atoms. The highest BCUT2D eigenvalue weighted by atomic mass is 79.9. The number of hydrogen-bond donors (Lipinski definition) is 1. The van der Waals surface area contributed by atoms with E-state index in [0.717, 1.165) is 28.1 Å². The molecule has 0 atom stereocenters. The van der Waals surface area contributed by atoms with Crippen LogP contribution in [0.25, 0.3) is 0 Å². The maximum Gasteiger partial charge on any atom is 0.252 e. The van der Waals surface area contributed by atoms with E-state index >= 15 is 0 Å². The van der Waals surface area contributed by atoms with Crippen molar-refractivity contribution in [2.75, 3.05) is 0 Å². The van der Waals surface area contributed by atoms with Gasteiger partial charge in [0.15, 0.2) is 0 Å². The molecule has 1 N–H and O–H groups in total. The summed E-state index contributed by atoms with van der Waals surface area (Å²) in [5, 5.41) is 0. The molecular weight excluding hydrogens is 266 g/mol. The van der Waals surface area contributed by atoms with Gasteiger partial charge in [-0.15, -0.1) is 0 Å². The third-order valence-corrected chi connectivity index (χ3v) is 4.17. The lowest BCUT2D eigenvalue weighted by molar-refractivity contribution is 0.781. The Kier molecular flexibility index (Phi) is 3.24. The van der Waals surface area contributed by atoms with E-state index in [0.29, 0.717) is 0 Å². The van der Waals surface area contributed by atoms with Crippen molar-refractivity contribution >= 4 is 15.9 Å². The van der Waals surface area contributed by atoms with Crippen molar-refractivity contribution in [3.63, 3.8) is 0 Å². The quantitative estimate of drug-likeness (QED) is 0.905. The van der Waals surface area contributed by atoms with Crippen molar-refractivity contribution in [2.24, 2.45) is 5.92 Å². The van der Waals surface area contributed by atoms with E-state index < -0.39 is 0 Å². The summed E-state index contributed by atoms with van der Waals surface area (Å²) in [6.45, 7) is 6.12. The molecule has 1 aromatic rings. The van der Waals surface area contributed by atoms with Crippen molar-refractivity contribution in [1.82, 2.24) is 4.98 Å². The molecule has 3 heteroatoms. The average molecular weight is 284 g/mol. The lowest BCUT2D eigenvalue weighted by atomic mass is 9.99. The van der Waals surface area contributed by atoms with Gasteiger partial charge in [-0.3, -0.25) is 4.79 Å². The van der Waals surface area contributed by atoms with Crippen molar-refractivity contribution < 1.29 is 0 Å². The highest BCUT2D eigenvalue weighted by molar-refractivity contribution is 9.10. The molecule has 1 saturated carbocycles. The summed E-state index contributed by atoms with van der Waals surface area (Å²) in [6, 6.07) is 0. The van der Waals surface area contributed by atoms with Gasteiger partial charge in [0.25, 0.3) is 5.56 Å². The smallest absolute Gasteiger partial charge is 0.252 e. The highest BCUT2D eigenvalue weighted by Crippen LogP contribution is 2.36. The predicted molar refractivity (Wildman–Crippen MR) is 70.0 cm³/mol. The summed E-state index contributed by atoms with van der Waals surface area (Å²) in [7, 11) is 0. The van der Waals surface area contributed by atoms with Crippen LogP contribution >= 0.6 is 15.9 Å².